The molecule has 3 aromatic carbocycles. The van der Waals surface area contributed by atoms with Gasteiger partial charge in [-0.2, -0.15) is 13.2 Å². The van der Waals surface area contributed by atoms with Crippen molar-refractivity contribution < 1.29 is 22.3 Å². The van der Waals surface area contributed by atoms with Gasteiger partial charge in [0, 0.05) is 10.9 Å². The van der Waals surface area contributed by atoms with Gasteiger partial charge >= 0.3 is 6.18 Å². The Hall–Kier alpha value is -3.41. The molecule has 0 fully saturated rings. The largest absolute Gasteiger partial charge is 0.492 e. The molecule has 0 unspecified atom stereocenters. The fourth-order valence-corrected chi connectivity index (χ4v) is 4.18. The summed E-state index contributed by atoms with van der Waals surface area (Å²) in [5.41, 5.74) is 2.25. The molecule has 0 spiro atoms. The first-order valence-corrected chi connectivity index (χ1v) is 12.3. The average Bonchev–Trinajstić information content (AvgIpc) is 2.88. The lowest BCUT2D eigenvalue weighted by molar-refractivity contribution is -0.137. The van der Waals surface area contributed by atoms with Crippen LogP contribution in [0.1, 0.15) is 49.3 Å². The van der Waals surface area contributed by atoms with Crippen molar-refractivity contribution in [1.29, 1.82) is 0 Å². The summed E-state index contributed by atoms with van der Waals surface area (Å²) in [6.45, 7) is 2.86. The molecule has 0 bridgehead atoms. The molecule has 0 atom stereocenters. The summed E-state index contributed by atoms with van der Waals surface area (Å²) in [4.78, 5) is 4.51. The summed E-state index contributed by atoms with van der Waals surface area (Å²) in [6, 6.07) is 17.9. The van der Waals surface area contributed by atoms with Gasteiger partial charge in [-0.1, -0.05) is 62.6 Å². The van der Waals surface area contributed by atoms with Gasteiger partial charge in [0.2, 0.25) is 0 Å². The molecule has 0 aliphatic carbocycles. The van der Waals surface area contributed by atoms with Crippen molar-refractivity contribution in [1.82, 2.24) is 4.98 Å². The molecule has 2 nitrogen and oxygen atoms in total. The number of ether oxygens (including phenoxy) is 1. The lowest BCUT2D eigenvalue weighted by atomic mass is 9.98. The second-order valence-corrected chi connectivity index (χ2v) is 8.96. The third-order valence-corrected chi connectivity index (χ3v) is 6.30. The van der Waals surface area contributed by atoms with Crippen molar-refractivity contribution in [2.45, 2.75) is 51.6 Å². The third kappa shape index (κ3) is 6.42. The Morgan fingerprint density at radius 3 is 2.33 bits per heavy atom. The van der Waals surface area contributed by atoms with Crippen molar-refractivity contribution >= 4 is 10.8 Å². The number of hydrogen-bond donors (Lipinski definition) is 0. The lowest BCUT2D eigenvalue weighted by Crippen LogP contribution is -2.04. The Labute approximate surface area is 209 Å². The number of hydrogen-bond acceptors (Lipinski definition) is 2. The van der Waals surface area contributed by atoms with Gasteiger partial charge in [-0.25, -0.2) is 4.39 Å². The van der Waals surface area contributed by atoms with E-state index in [0.717, 1.165) is 52.9 Å². The molecule has 0 radical (unpaired) electrons. The summed E-state index contributed by atoms with van der Waals surface area (Å²) in [7, 11) is 0. The van der Waals surface area contributed by atoms with Crippen molar-refractivity contribution in [2.24, 2.45) is 0 Å². The van der Waals surface area contributed by atoms with E-state index in [0.29, 0.717) is 30.4 Å². The third-order valence-electron chi connectivity index (χ3n) is 6.30. The van der Waals surface area contributed by atoms with E-state index in [9.17, 15) is 13.2 Å². The van der Waals surface area contributed by atoms with Gasteiger partial charge in [-0.15, -0.1) is 0 Å². The molecule has 1 aromatic heterocycles. The summed E-state index contributed by atoms with van der Waals surface area (Å²) in [5.74, 6) is 0.436. The first-order chi connectivity index (χ1) is 17.3. The molecule has 0 aliphatic rings. The standard InChI is InChI=1S/C30H29F4NO/c1-2-3-4-5-18-36-26-15-17-28(35-20-26)24-12-16-27-23(19-24)11-10-22(29(27)31)9-6-21-7-13-25(14-8-21)30(32,33)34/h7-8,10-17,19-20H,2-6,9,18H2,1H3. The predicted molar refractivity (Wildman–Crippen MR) is 136 cm³/mol. The van der Waals surface area contributed by atoms with Crippen molar-refractivity contribution in [3.05, 3.63) is 95.4 Å². The minimum Gasteiger partial charge on any atom is -0.492 e. The van der Waals surface area contributed by atoms with Gasteiger partial charge in [-0.3, -0.25) is 4.98 Å². The number of fused-ring (bicyclic) bond motifs is 1. The highest BCUT2D eigenvalue weighted by atomic mass is 19.4. The normalized spacial score (nSPS) is 11.7. The Bertz CT molecular complexity index is 1280. The van der Waals surface area contributed by atoms with E-state index in [2.05, 4.69) is 11.9 Å². The van der Waals surface area contributed by atoms with Crippen LogP contribution < -0.4 is 4.74 Å². The van der Waals surface area contributed by atoms with E-state index in [1.807, 2.05) is 30.3 Å². The Morgan fingerprint density at radius 2 is 1.64 bits per heavy atom. The van der Waals surface area contributed by atoms with Crippen molar-refractivity contribution in [3.63, 3.8) is 0 Å². The molecule has 0 amide bonds. The smallest absolute Gasteiger partial charge is 0.416 e. The number of aryl methyl sites for hydroxylation is 2. The SMILES string of the molecule is CCCCCCOc1ccc(-c2ccc3c(F)c(CCc4ccc(C(F)(F)F)cc4)ccc3c2)nc1. The highest BCUT2D eigenvalue weighted by molar-refractivity contribution is 5.88. The molecule has 0 N–H and O–H groups in total. The summed E-state index contributed by atoms with van der Waals surface area (Å²) in [6.07, 6.45) is 2.79. The van der Waals surface area contributed by atoms with Crippen LogP contribution in [0.5, 0.6) is 5.75 Å². The molecule has 0 saturated carbocycles. The molecule has 4 aromatic rings. The number of halogens is 4. The highest BCUT2D eigenvalue weighted by Gasteiger charge is 2.29. The maximum absolute atomic E-state index is 15.2. The quantitative estimate of drug-likeness (QED) is 0.162. The van der Waals surface area contributed by atoms with Crippen LogP contribution in [0.3, 0.4) is 0 Å². The fraction of sp³-hybridized carbons (Fsp3) is 0.300. The Kier molecular flexibility index (Phi) is 8.24. The molecule has 4 rings (SSSR count). The van der Waals surface area contributed by atoms with Crippen LogP contribution in [-0.4, -0.2) is 11.6 Å². The zero-order valence-electron chi connectivity index (χ0n) is 20.2. The lowest BCUT2D eigenvalue weighted by Gasteiger charge is -2.10. The fourth-order valence-electron chi connectivity index (χ4n) is 4.18. The topological polar surface area (TPSA) is 22.1 Å². The number of nitrogens with zero attached hydrogens (tertiary/aromatic N) is 1. The van der Waals surface area contributed by atoms with Crippen LogP contribution in [0.2, 0.25) is 0 Å². The number of unbranched alkanes of at least 4 members (excludes halogenated alkanes) is 3. The van der Waals surface area contributed by atoms with Crippen LogP contribution in [0, 0.1) is 5.82 Å². The number of alkyl halides is 3. The van der Waals surface area contributed by atoms with E-state index in [1.54, 1.807) is 18.3 Å². The van der Waals surface area contributed by atoms with E-state index >= 15 is 4.39 Å². The second kappa shape index (κ2) is 11.5. The van der Waals surface area contributed by atoms with Gasteiger partial charge < -0.3 is 4.74 Å². The van der Waals surface area contributed by atoms with Crippen LogP contribution in [0.4, 0.5) is 17.6 Å². The van der Waals surface area contributed by atoms with Crippen molar-refractivity contribution in [3.8, 4) is 17.0 Å². The van der Waals surface area contributed by atoms with Crippen molar-refractivity contribution in [2.75, 3.05) is 6.61 Å². The van der Waals surface area contributed by atoms with Crippen LogP contribution in [0.15, 0.2) is 72.9 Å². The number of rotatable bonds is 10. The zero-order valence-corrected chi connectivity index (χ0v) is 20.2. The van der Waals surface area contributed by atoms with E-state index in [1.165, 1.54) is 25.0 Å². The minimum atomic E-state index is -4.36. The number of benzene rings is 3. The number of pyridine rings is 1. The maximum atomic E-state index is 15.2. The molecular weight excluding hydrogens is 466 g/mol. The molecular formula is C30H29F4NO. The van der Waals surface area contributed by atoms with Crippen LogP contribution >= 0.6 is 0 Å². The van der Waals surface area contributed by atoms with Gasteiger partial charge in [0.05, 0.1) is 24.1 Å². The molecule has 6 heteroatoms. The molecule has 0 saturated heterocycles. The minimum absolute atomic E-state index is 0.300. The monoisotopic (exact) mass is 495 g/mol. The number of aromatic nitrogens is 1. The van der Waals surface area contributed by atoms with Crippen LogP contribution in [0.25, 0.3) is 22.0 Å². The summed E-state index contributed by atoms with van der Waals surface area (Å²) in [5, 5.41) is 1.28. The Balaban J connectivity index is 1.42. The summed E-state index contributed by atoms with van der Waals surface area (Å²) < 4.78 is 59.2. The van der Waals surface area contributed by atoms with E-state index < -0.39 is 11.7 Å². The van der Waals surface area contributed by atoms with Gasteiger partial charge in [0.25, 0.3) is 0 Å². The average molecular weight is 496 g/mol. The Morgan fingerprint density at radius 1 is 0.833 bits per heavy atom. The molecule has 188 valence electrons. The van der Waals surface area contributed by atoms with Gasteiger partial charge in [0.1, 0.15) is 11.6 Å². The second-order valence-electron chi connectivity index (χ2n) is 8.96. The highest BCUT2D eigenvalue weighted by Crippen LogP contribution is 2.30. The van der Waals surface area contributed by atoms with Crippen LogP contribution in [-0.2, 0) is 19.0 Å². The first kappa shape index (κ1) is 25.7. The maximum Gasteiger partial charge on any atom is 0.416 e. The zero-order chi connectivity index (χ0) is 25.5. The predicted octanol–water partition coefficient (Wildman–Crippen LogP) is 8.80. The molecule has 36 heavy (non-hydrogen) atoms. The van der Waals surface area contributed by atoms with Gasteiger partial charge in [0.15, 0.2) is 0 Å². The first-order valence-electron chi connectivity index (χ1n) is 12.3. The van der Waals surface area contributed by atoms with E-state index in [-0.39, 0.29) is 5.82 Å². The van der Waals surface area contributed by atoms with Gasteiger partial charge in [-0.05, 0) is 66.1 Å². The summed E-state index contributed by atoms with van der Waals surface area (Å²) >= 11 is 0. The molecule has 0 aliphatic heterocycles. The van der Waals surface area contributed by atoms with E-state index in [4.69, 9.17) is 4.74 Å². The molecule has 1 heterocycles.